The number of rotatable bonds is 5. The summed E-state index contributed by atoms with van der Waals surface area (Å²) in [5.74, 6) is -0.169. The molecule has 1 heterocycles. The number of nitrogens with one attached hydrogen (secondary N) is 2. The molecule has 2 aromatic carbocycles. The molecule has 1 unspecified atom stereocenters. The Morgan fingerprint density at radius 3 is 2.63 bits per heavy atom. The monoisotopic (exact) mass is 377 g/mol. The van der Waals surface area contributed by atoms with Crippen molar-refractivity contribution < 1.29 is 9.59 Å². The average molecular weight is 377 g/mol. The molecule has 4 N–H and O–H groups in total. The first-order valence-electron chi connectivity index (χ1n) is 8.70. The highest BCUT2D eigenvalue weighted by Crippen LogP contribution is 2.37. The highest BCUT2D eigenvalue weighted by atomic mass is 32.1. The first-order chi connectivity index (χ1) is 13.1. The number of anilines is 1. The summed E-state index contributed by atoms with van der Waals surface area (Å²) in [5, 5.41) is 7.48. The van der Waals surface area contributed by atoms with Gasteiger partial charge in [-0.05, 0) is 52.3 Å². The van der Waals surface area contributed by atoms with Gasteiger partial charge in [0.25, 0.3) is 0 Å². The Kier molecular flexibility index (Phi) is 4.64. The first-order valence-corrected chi connectivity index (χ1v) is 9.58. The predicted molar refractivity (Wildman–Crippen MR) is 108 cm³/mol. The Morgan fingerprint density at radius 2 is 1.85 bits per heavy atom. The topological polar surface area (TPSA) is 84.2 Å². The Labute approximate surface area is 161 Å². The van der Waals surface area contributed by atoms with E-state index in [0.29, 0.717) is 0 Å². The van der Waals surface area contributed by atoms with Gasteiger partial charge < -0.3 is 16.4 Å². The minimum Gasteiger partial charge on any atom is -0.352 e. The van der Waals surface area contributed by atoms with Gasteiger partial charge in [-0.1, -0.05) is 36.4 Å². The van der Waals surface area contributed by atoms with E-state index in [2.05, 4.69) is 28.8 Å². The summed E-state index contributed by atoms with van der Waals surface area (Å²) in [5.41, 5.74) is 11.0. The van der Waals surface area contributed by atoms with Crippen molar-refractivity contribution in [2.75, 3.05) is 5.32 Å². The van der Waals surface area contributed by atoms with Gasteiger partial charge >= 0.3 is 6.03 Å². The molecule has 136 valence electrons. The van der Waals surface area contributed by atoms with Gasteiger partial charge in [-0.2, -0.15) is 0 Å². The van der Waals surface area contributed by atoms with Crippen molar-refractivity contribution in [2.24, 2.45) is 5.73 Å². The van der Waals surface area contributed by atoms with Gasteiger partial charge in [-0.3, -0.25) is 4.79 Å². The van der Waals surface area contributed by atoms with E-state index in [1.165, 1.54) is 33.6 Å². The summed E-state index contributed by atoms with van der Waals surface area (Å²) < 4.78 is 0. The molecule has 3 aromatic rings. The van der Waals surface area contributed by atoms with E-state index in [1.807, 2.05) is 41.8 Å². The molecule has 3 amide bonds. The summed E-state index contributed by atoms with van der Waals surface area (Å²) in [4.78, 5) is 24.7. The molecule has 0 aliphatic heterocycles. The minimum atomic E-state index is -0.642. The molecule has 5 nitrogen and oxygen atoms in total. The summed E-state index contributed by atoms with van der Waals surface area (Å²) in [6, 6.07) is 17.0. The molecular weight excluding hydrogens is 358 g/mol. The number of nitrogens with two attached hydrogens (primary N) is 1. The fourth-order valence-electron chi connectivity index (χ4n) is 3.50. The number of amides is 3. The SMILES string of the molecule is NC(=O)NC(CC(=O)Nc1ccc2c(c1)Cc1ccccc1-2)c1cccs1. The zero-order valence-corrected chi connectivity index (χ0v) is 15.4. The van der Waals surface area contributed by atoms with Gasteiger partial charge in [0.15, 0.2) is 0 Å². The van der Waals surface area contributed by atoms with Crippen molar-refractivity contribution in [3.05, 3.63) is 76.0 Å². The van der Waals surface area contributed by atoms with E-state index in [-0.39, 0.29) is 12.3 Å². The highest BCUT2D eigenvalue weighted by Gasteiger charge is 2.20. The zero-order chi connectivity index (χ0) is 18.8. The van der Waals surface area contributed by atoms with E-state index < -0.39 is 12.1 Å². The molecule has 6 heteroatoms. The first kappa shape index (κ1) is 17.3. The molecule has 1 aliphatic rings. The van der Waals surface area contributed by atoms with Crippen LogP contribution in [0.3, 0.4) is 0 Å². The number of thiophene rings is 1. The molecule has 1 aromatic heterocycles. The lowest BCUT2D eigenvalue weighted by atomic mass is 10.1. The molecule has 4 rings (SSSR count). The zero-order valence-electron chi connectivity index (χ0n) is 14.6. The van der Waals surface area contributed by atoms with Crippen LogP contribution in [0.5, 0.6) is 0 Å². The van der Waals surface area contributed by atoms with Gasteiger partial charge in [0.1, 0.15) is 0 Å². The summed E-state index contributed by atoms with van der Waals surface area (Å²) in [7, 11) is 0. The Morgan fingerprint density at radius 1 is 1.04 bits per heavy atom. The van der Waals surface area contributed by atoms with Crippen LogP contribution in [0.1, 0.15) is 28.5 Å². The number of urea groups is 1. The van der Waals surface area contributed by atoms with Crippen LogP contribution in [0.25, 0.3) is 11.1 Å². The molecule has 1 atom stereocenters. The van der Waals surface area contributed by atoms with E-state index in [4.69, 9.17) is 5.73 Å². The van der Waals surface area contributed by atoms with Crippen molar-refractivity contribution in [3.63, 3.8) is 0 Å². The second-order valence-corrected chi connectivity index (χ2v) is 7.51. The predicted octanol–water partition coefficient (Wildman–Crippen LogP) is 4.06. The third kappa shape index (κ3) is 3.71. The van der Waals surface area contributed by atoms with Crippen LogP contribution in [0.15, 0.2) is 60.0 Å². The maximum Gasteiger partial charge on any atom is 0.312 e. The summed E-state index contributed by atoms with van der Waals surface area (Å²) in [6.07, 6.45) is 0.997. The second-order valence-electron chi connectivity index (χ2n) is 6.53. The maximum atomic E-state index is 12.5. The van der Waals surface area contributed by atoms with Crippen LogP contribution in [-0.2, 0) is 11.2 Å². The fourth-order valence-corrected chi connectivity index (χ4v) is 4.28. The lowest BCUT2D eigenvalue weighted by molar-refractivity contribution is -0.116. The van der Waals surface area contributed by atoms with Crippen LogP contribution >= 0.6 is 11.3 Å². The third-order valence-electron chi connectivity index (χ3n) is 4.67. The smallest absolute Gasteiger partial charge is 0.312 e. The standard InChI is InChI=1S/C21H19N3O2S/c22-21(26)24-18(19-6-3-9-27-19)12-20(25)23-15-7-8-17-14(11-15)10-13-4-1-2-5-16(13)17/h1-9,11,18H,10,12H2,(H,23,25)(H3,22,24,26). The highest BCUT2D eigenvalue weighted by molar-refractivity contribution is 7.10. The van der Waals surface area contributed by atoms with Crippen LogP contribution in [0.4, 0.5) is 10.5 Å². The van der Waals surface area contributed by atoms with E-state index in [0.717, 1.165) is 17.0 Å². The van der Waals surface area contributed by atoms with Crippen molar-refractivity contribution >= 4 is 29.0 Å². The van der Waals surface area contributed by atoms with Gasteiger partial charge in [-0.25, -0.2) is 4.79 Å². The number of benzene rings is 2. The van der Waals surface area contributed by atoms with Crippen molar-refractivity contribution in [1.29, 1.82) is 0 Å². The van der Waals surface area contributed by atoms with Crippen LogP contribution in [-0.4, -0.2) is 11.9 Å². The molecule has 0 saturated heterocycles. The number of hydrogen-bond donors (Lipinski definition) is 3. The van der Waals surface area contributed by atoms with E-state index in [1.54, 1.807) is 0 Å². The molecule has 0 radical (unpaired) electrons. The minimum absolute atomic E-state index is 0.126. The van der Waals surface area contributed by atoms with Gasteiger partial charge in [0.2, 0.25) is 5.91 Å². The fraction of sp³-hybridized carbons (Fsp3) is 0.143. The number of carbonyl (C=O) groups excluding carboxylic acids is 2. The van der Waals surface area contributed by atoms with Gasteiger partial charge in [0, 0.05) is 10.6 Å². The molecular formula is C21H19N3O2S. The molecule has 1 aliphatic carbocycles. The van der Waals surface area contributed by atoms with E-state index >= 15 is 0 Å². The van der Waals surface area contributed by atoms with Gasteiger partial charge in [0.05, 0.1) is 12.5 Å². The lowest BCUT2D eigenvalue weighted by Gasteiger charge is -2.16. The summed E-state index contributed by atoms with van der Waals surface area (Å²) >= 11 is 1.48. The normalized spacial score (nSPS) is 12.7. The van der Waals surface area contributed by atoms with Crippen molar-refractivity contribution in [1.82, 2.24) is 5.32 Å². The number of carbonyl (C=O) groups is 2. The average Bonchev–Trinajstić information content (AvgIpc) is 3.28. The third-order valence-corrected chi connectivity index (χ3v) is 5.66. The molecule has 0 fully saturated rings. The van der Waals surface area contributed by atoms with Gasteiger partial charge in [-0.15, -0.1) is 11.3 Å². The quantitative estimate of drug-likeness (QED) is 0.490. The Bertz CT molecular complexity index is 998. The Hall–Kier alpha value is -3.12. The number of fused-ring (bicyclic) bond motifs is 3. The largest absolute Gasteiger partial charge is 0.352 e. The van der Waals surface area contributed by atoms with Crippen molar-refractivity contribution in [2.45, 2.75) is 18.9 Å². The van der Waals surface area contributed by atoms with Crippen LogP contribution < -0.4 is 16.4 Å². The van der Waals surface area contributed by atoms with Crippen molar-refractivity contribution in [3.8, 4) is 11.1 Å². The van der Waals surface area contributed by atoms with Crippen LogP contribution in [0.2, 0.25) is 0 Å². The lowest BCUT2D eigenvalue weighted by Crippen LogP contribution is -2.34. The molecule has 0 bridgehead atoms. The van der Waals surface area contributed by atoms with E-state index in [9.17, 15) is 9.59 Å². The second kappa shape index (κ2) is 7.25. The number of hydrogen-bond acceptors (Lipinski definition) is 3. The Balaban J connectivity index is 1.47. The molecule has 0 saturated carbocycles. The maximum absolute atomic E-state index is 12.5. The van der Waals surface area contributed by atoms with Crippen LogP contribution in [0, 0.1) is 0 Å². The number of primary amides is 1. The summed E-state index contributed by atoms with van der Waals surface area (Å²) in [6.45, 7) is 0. The molecule has 0 spiro atoms. The molecule has 27 heavy (non-hydrogen) atoms.